The van der Waals surface area contributed by atoms with E-state index in [1.807, 2.05) is 19.9 Å². The van der Waals surface area contributed by atoms with E-state index in [0.29, 0.717) is 17.8 Å². The van der Waals surface area contributed by atoms with Crippen molar-refractivity contribution in [3.63, 3.8) is 0 Å². The number of aromatic hydroxyl groups is 2. The van der Waals surface area contributed by atoms with Gasteiger partial charge in [-0.2, -0.15) is 9.61 Å². The van der Waals surface area contributed by atoms with E-state index in [-0.39, 0.29) is 17.3 Å². The zero-order valence-corrected chi connectivity index (χ0v) is 15.4. The number of hydrogen-bond donors (Lipinski definition) is 3. The van der Waals surface area contributed by atoms with E-state index in [9.17, 15) is 14.6 Å². The van der Waals surface area contributed by atoms with Crippen molar-refractivity contribution in [2.75, 3.05) is 5.32 Å². The molecule has 2 aromatic heterocycles. The average molecular weight is 378 g/mol. The minimum atomic E-state index is -0.268. The summed E-state index contributed by atoms with van der Waals surface area (Å²) in [7, 11) is 0. The highest BCUT2D eigenvalue weighted by Crippen LogP contribution is 2.34. The molecule has 142 valence electrons. The molecule has 0 bridgehead atoms. The molecule has 0 unspecified atom stereocenters. The molecule has 28 heavy (non-hydrogen) atoms. The normalized spacial score (nSPS) is 11.1. The van der Waals surface area contributed by atoms with Gasteiger partial charge in [-0.3, -0.25) is 0 Å². The lowest BCUT2D eigenvalue weighted by Crippen LogP contribution is -2.07. The minimum absolute atomic E-state index is 0.177. The largest absolute Gasteiger partial charge is 0.504 e. The van der Waals surface area contributed by atoms with Crippen molar-refractivity contribution in [2.45, 2.75) is 20.4 Å². The molecule has 2 heterocycles. The van der Waals surface area contributed by atoms with Crippen LogP contribution >= 0.6 is 0 Å². The molecule has 2 aromatic carbocycles. The Bertz CT molecular complexity index is 1170. The molecule has 0 radical (unpaired) electrons. The molecule has 0 atom stereocenters. The Morgan fingerprint density at radius 3 is 2.46 bits per heavy atom. The van der Waals surface area contributed by atoms with Gasteiger partial charge in [0, 0.05) is 23.9 Å². The number of fused-ring (bicyclic) bond motifs is 1. The summed E-state index contributed by atoms with van der Waals surface area (Å²) in [5.41, 5.74) is 4.63. The monoisotopic (exact) mass is 378 g/mol. The van der Waals surface area contributed by atoms with Crippen molar-refractivity contribution in [1.29, 1.82) is 0 Å². The van der Waals surface area contributed by atoms with Crippen molar-refractivity contribution in [3.8, 4) is 22.6 Å². The quantitative estimate of drug-likeness (QED) is 0.464. The van der Waals surface area contributed by atoms with Crippen LogP contribution in [0.2, 0.25) is 0 Å². The van der Waals surface area contributed by atoms with Gasteiger partial charge in [0.1, 0.15) is 11.6 Å². The summed E-state index contributed by atoms with van der Waals surface area (Å²) in [4.78, 5) is 4.62. The predicted octanol–water partition coefficient (Wildman–Crippen LogP) is 4.18. The lowest BCUT2D eigenvalue weighted by atomic mass is 10.1. The molecule has 0 amide bonds. The fraction of sp³-hybridized carbons (Fsp3) is 0.143. The van der Waals surface area contributed by atoms with E-state index >= 15 is 0 Å². The van der Waals surface area contributed by atoms with Crippen LogP contribution < -0.4 is 5.32 Å². The number of nitrogens with zero attached hydrogens (tertiary/aromatic N) is 3. The van der Waals surface area contributed by atoms with Gasteiger partial charge in [-0.1, -0.05) is 18.2 Å². The van der Waals surface area contributed by atoms with E-state index < -0.39 is 0 Å². The minimum Gasteiger partial charge on any atom is -0.504 e. The smallest absolute Gasteiger partial charge is 0.165 e. The second kappa shape index (κ2) is 6.84. The van der Waals surface area contributed by atoms with Crippen LogP contribution in [-0.2, 0) is 6.54 Å². The number of benzene rings is 2. The summed E-state index contributed by atoms with van der Waals surface area (Å²) in [6.07, 6.45) is 0. The second-order valence-electron chi connectivity index (χ2n) is 6.66. The summed E-state index contributed by atoms with van der Waals surface area (Å²) in [6, 6.07) is 12.9. The summed E-state index contributed by atoms with van der Waals surface area (Å²) >= 11 is 0. The predicted molar refractivity (Wildman–Crippen MR) is 105 cm³/mol. The van der Waals surface area contributed by atoms with Crippen LogP contribution in [0.3, 0.4) is 0 Å². The van der Waals surface area contributed by atoms with E-state index in [2.05, 4.69) is 15.4 Å². The van der Waals surface area contributed by atoms with Crippen LogP contribution in [0.5, 0.6) is 11.5 Å². The molecular weight excluding hydrogens is 359 g/mol. The van der Waals surface area contributed by atoms with Gasteiger partial charge in [0.15, 0.2) is 17.1 Å². The third-order valence-corrected chi connectivity index (χ3v) is 4.54. The van der Waals surface area contributed by atoms with Gasteiger partial charge in [-0.15, -0.1) is 0 Å². The number of anilines is 1. The maximum Gasteiger partial charge on any atom is 0.165 e. The van der Waals surface area contributed by atoms with Crippen molar-refractivity contribution >= 4 is 11.5 Å². The van der Waals surface area contributed by atoms with Crippen molar-refractivity contribution in [1.82, 2.24) is 14.6 Å². The number of phenolic OH excluding ortho intramolecular Hbond substituents is 2. The van der Waals surface area contributed by atoms with Crippen LogP contribution in [0.1, 0.15) is 17.0 Å². The average Bonchev–Trinajstić information content (AvgIpc) is 2.99. The summed E-state index contributed by atoms with van der Waals surface area (Å²) in [5.74, 6) is 0.113. The van der Waals surface area contributed by atoms with Crippen molar-refractivity contribution in [2.24, 2.45) is 0 Å². The fourth-order valence-electron chi connectivity index (χ4n) is 3.18. The lowest BCUT2D eigenvalue weighted by Gasteiger charge is -2.10. The van der Waals surface area contributed by atoms with Gasteiger partial charge in [0.25, 0.3) is 0 Å². The Morgan fingerprint density at radius 2 is 1.75 bits per heavy atom. The number of aryl methyl sites for hydroxylation is 2. The molecule has 3 N–H and O–H groups in total. The molecule has 4 aromatic rings. The maximum absolute atomic E-state index is 13.1. The first kappa shape index (κ1) is 17.8. The topological polar surface area (TPSA) is 82.7 Å². The molecule has 0 aliphatic carbocycles. The third-order valence-electron chi connectivity index (χ3n) is 4.54. The van der Waals surface area contributed by atoms with Gasteiger partial charge >= 0.3 is 0 Å². The van der Waals surface area contributed by atoms with Crippen molar-refractivity contribution < 1.29 is 14.6 Å². The molecule has 4 rings (SSSR count). The van der Waals surface area contributed by atoms with Gasteiger partial charge in [-0.25, -0.2) is 9.37 Å². The highest BCUT2D eigenvalue weighted by Gasteiger charge is 2.17. The molecule has 7 heteroatoms. The van der Waals surface area contributed by atoms with E-state index in [4.69, 9.17) is 0 Å². The molecule has 6 nitrogen and oxygen atoms in total. The molecule has 0 saturated carbocycles. The van der Waals surface area contributed by atoms with Crippen molar-refractivity contribution in [3.05, 3.63) is 71.3 Å². The van der Waals surface area contributed by atoms with E-state index in [0.717, 1.165) is 28.3 Å². The number of halogens is 1. The Labute approximate surface area is 160 Å². The zero-order chi connectivity index (χ0) is 19.8. The number of aromatic nitrogens is 3. The van der Waals surface area contributed by atoms with Gasteiger partial charge in [-0.05, 0) is 49.2 Å². The fourth-order valence-corrected chi connectivity index (χ4v) is 3.18. The Hall–Kier alpha value is -3.61. The molecular formula is C21H19FN4O2. The van der Waals surface area contributed by atoms with Crippen LogP contribution in [0.15, 0.2) is 48.5 Å². The Kier molecular flexibility index (Phi) is 4.35. The van der Waals surface area contributed by atoms with Gasteiger partial charge in [0.05, 0.1) is 5.69 Å². The number of rotatable bonds is 4. The Morgan fingerprint density at radius 1 is 1.00 bits per heavy atom. The molecule has 0 aliphatic rings. The second-order valence-corrected chi connectivity index (χ2v) is 6.66. The Balaban J connectivity index is 1.76. The highest BCUT2D eigenvalue weighted by atomic mass is 19.1. The first-order valence-corrected chi connectivity index (χ1v) is 8.80. The SMILES string of the molecule is Cc1cc(NCc2ccc(F)cc2)n2nc(C)c(-c3ccc(O)c(O)c3)c2n1. The van der Waals surface area contributed by atoms with Crippen LogP contribution in [-0.4, -0.2) is 24.8 Å². The number of nitrogens with one attached hydrogen (secondary N) is 1. The molecule has 0 aliphatic heterocycles. The third kappa shape index (κ3) is 3.22. The summed E-state index contributed by atoms with van der Waals surface area (Å²) in [5, 5.41) is 27.4. The van der Waals surface area contributed by atoms with E-state index in [1.165, 1.54) is 24.3 Å². The standard InChI is InChI=1S/C21H19FN4O2/c1-12-9-19(23-11-14-3-6-16(22)7-4-14)26-21(24-12)20(13(2)25-26)15-5-8-17(27)18(28)10-15/h3-10,23,27-28H,11H2,1-2H3. The molecule has 0 saturated heterocycles. The summed E-state index contributed by atoms with van der Waals surface area (Å²) in [6.45, 7) is 4.27. The maximum atomic E-state index is 13.1. The van der Waals surface area contributed by atoms with Crippen LogP contribution in [0.4, 0.5) is 10.2 Å². The first-order chi connectivity index (χ1) is 13.4. The lowest BCUT2D eigenvalue weighted by molar-refractivity contribution is 0.404. The van der Waals surface area contributed by atoms with Crippen LogP contribution in [0.25, 0.3) is 16.8 Å². The number of phenols is 2. The number of hydrogen-bond acceptors (Lipinski definition) is 5. The van der Waals surface area contributed by atoms with Gasteiger partial charge < -0.3 is 15.5 Å². The van der Waals surface area contributed by atoms with Gasteiger partial charge in [0.2, 0.25) is 0 Å². The molecule has 0 spiro atoms. The van der Waals surface area contributed by atoms with E-state index in [1.54, 1.807) is 22.7 Å². The van der Waals surface area contributed by atoms with Crippen LogP contribution in [0, 0.1) is 19.7 Å². The summed E-state index contributed by atoms with van der Waals surface area (Å²) < 4.78 is 14.8. The highest BCUT2D eigenvalue weighted by molar-refractivity contribution is 5.82. The first-order valence-electron chi connectivity index (χ1n) is 8.80. The molecule has 0 fully saturated rings. The zero-order valence-electron chi connectivity index (χ0n) is 15.4.